The Bertz CT molecular complexity index is 1050. The number of carbonyl (C=O) groups is 2. The highest BCUT2D eigenvalue weighted by molar-refractivity contribution is 8.00. The molecule has 180 valence electrons. The van der Waals surface area contributed by atoms with Crippen LogP contribution in [-0.4, -0.2) is 46.9 Å². The maximum absolute atomic E-state index is 13.5. The first-order valence-corrected chi connectivity index (χ1v) is 12.5. The molecule has 0 bridgehead atoms. The molecule has 1 fully saturated rings. The van der Waals surface area contributed by atoms with Gasteiger partial charge in [-0.15, -0.1) is 11.8 Å². The molecule has 2 aromatic carbocycles. The van der Waals surface area contributed by atoms with Crippen LogP contribution >= 0.6 is 11.8 Å². The van der Waals surface area contributed by atoms with Crippen molar-refractivity contribution in [2.45, 2.75) is 50.2 Å². The third-order valence-corrected chi connectivity index (χ3v) is 6.97. The molecule has 7 nitrogen and oxygen atoms in total. The van der Waals surface area contributed by atoms with Crippen LogP contribution in [0, 0.1) is 5.82 Å². The van der Waals surface area contributed by atoms with Crippen molar-refractivity contribution < 1.29 is 18.7 Å². The molecule has 34 heavy (non-hydrogen) atoms. The van der Waals surface area contributed by atoms with Crippen LogP contribution in [0.15, 0.2) is 53.6 Å². The summed E-state index contributed by atoms with van der Waals surface area (Å²) in [4.78, 5) is 25.3. The fraction of sp³-hybridized carbons (Fsp3) is 0.400. The largest absolute Gasteiger partial charge is 0.497 e. The molecule has 0 saturated carbocycles. The molecular weight excluding hydrogens is 455 g/mol. The Kier molecular flexibility index (Phi) is 7.84. The van der Waals surface area contributed by atoms with E-state index in [0.29, 0.717) is 12.8 Å². The van der Waals surface area contributed by atoms with Crippen LogP contribution in [0.3, 0.4) is 0 Å². The number of hydrogen-bond donors (Lipinski definition) is 2. The van der Waals surface area contributed by atoms with Gasteiger partial charge in [0.15, 0.2) is 0 Å². The maximum Gasteiger partial charge on any atom is 0.253 e. The number of ether oxygens (including phenoxy) is 1. The molecule has 2 N–H and O–H groups in total. The molecule has 9 heteroatoms. The molecule has 2 aromatic rings. The van der Waals surface area contributed by atoms with Crippen molar-refractivity contribution in [3.8, 4) is 5.75 Å². The summed E-state index contributed by atoms with van der Waals surface area (Å²) in [5, 5.41) is 12.5. The molecule has 4 rings (SSSR count). The standard InChI is InChI=1S/C25H29FN4O3S/c1-3-4-19-13-23(31)28-25(27-19)34-15-24(32)30-22(17-5-9-18(26)10-6-17)14-21(29-30)16-7-11-20(33-2)12-8-16/h5-12,19,22,25,27H,3-4,13-15H2,1-2H3,(H,28,31). The lowest BCUT2D eigenvalue weighted by atomic mass is 9.98. The van der Waals surface area contributed by atoms with Gasteiger partial charge < -0.3 is 10.1 Å². The Labute approximate surface area is 203 Å². The fourth-order valence-corrected chi connectivity index (χ4v) is 5.18. The molecule has 2 aliphatic heterocycles. The summed E-state index contributed by atoms with van der Waals surface area (Å²) in [6.45, 7) is 2.08. The Hall–Kier alpha value is -2.91. The smallest absolute Gasteiger partial charge is 0.253 e. The first kappa shape index (κ1) is 24.2. The molecule has 0 aromatic heterocycles. The van der Waals surface area contributed by atoms with Crippen LogP contribution in [0.5, 0.6) is 5.75 Å². The van der Waals surface area contributed by atoms with Crippen LogP contribution in [0.25, 0.3) is 0 Å². The van der Waals surface area contributed by atoms with Crippen molar-refractivity contribution in [2.24, 2.45) is 5.10 Å². The van der Waals surface area contributed by atoms with Crippen LogP contribution in [-0.2, 0) is 9.59 Å². The predicted octanol–water partition coefficient (Wildman–Crippen LogP) is 3.81. The van der Waals surface area contributed by atoms with E-state index in [9.17, 15) is 14.0 Å². The van der Waals surface area contributed by atoms with E-state index in [2.05, 4.69) is 22.7 Å². The van der Waals surface area contributed by atoms with Gasteiger partial charge in [0.25, 0.3) is 5.91 Å². The maximum atomic E-state index is 13.5. The van der Waals surface area contributed by atoms with E-state index in [1.54, 1.807) is 19.2 Å². The second-order valence-electron chi connectivity index (χ2n) is 8.40. The zero-order valence-corrected chi connectivity index (χ0v) is 20.1. The van der Waals surface area contributed by atoms with Gasteiger partial charge in [-0.2, -0.15) is 5.10 Å². The molecule has 3 unspecified atom stereocenters. The zero-order valence-electron chi connectivity index (χ0n) is 19.3. The Balaban J connectivity index is 1.50. The number of nitrogens with zero attached hydrogens (tertiary/aromatic N) is 2. The zero-order chi connectivity index (χ0) is 24.1. The summed E-state index contributed by atoms with van der Waals surface area (Å²) in [5.41, 5.74) is 2.18. The Morgan fingerprint density at radius 2 is 1.91 bits per heavy atom. The lowest BCUT2D eigenvalue weighted by molar-refractivity contribution is -0.130. The first-order valence-electron chi connectivity index (χ1n) is 11.4. The number of hydrazone groups is 1. The highest BCUT2D eigenvalue weighted by Gasteiger charge is 2.34. The van der Waals surface area contributed by atoms with Crippen molar-refractivity contribution in [1.82, 2.24) is 15.6 Å². The number of halogens is 1. The number of hydrogen-bond acceptors (Lipinski definition) is 6. The molecule has 0 spiro atoms. The second-order valence-corrected chi connectivity index (χ2v) is 9.49. The Morgan fingerprint density at radius 1 is 1.18 bits per heavy atom. The number of carbonyl (C=O) groups excluding carboxylic acids is 2. The minimum Gasteiger partial charge on any atom is -0.497 e. The lowest BCUT2D eigenvalue weighted by Crippen LogP contribution is -2.55. The molecule has 1 saturated heterocycles. The summed E-state index contributed by atoms with van der Waals surface area (Å²) in [6, 6.07) is 13.5. The van der Waals surface area contributed by atoms with Crippen LogP contribution in [0.2, 0.25) is 0 Å². The van der Waals surface area contributed by atoms with Gasteiger partial charge in [-0.3, -0.25) is 14.9 Å². The van der Waals surface area contributed by atoms with Crippen molar-refractivity contribution >= 4 is 29.3 Å². The third-order valence-electron chi connectivity index (χ3n) is 5.97. The van der Waals surface area contributed by atoms with E-state index in [1.807, 2.05) is 24.3 Å². The molecule has 0 radical (unpaired) electrons. The van der Waals surface area contributed by atoms with E-state index in [4.69, 9.17) is 4.74 Å². The normalized spacial score (nSPS) is 22.3. The van der Waals surface area contributed by atoms with Gasteiger partial charge in [0.05, 0.1) is 24.6 Å². The molecule has 2 aliphatic rings. The summed E-state index contributed by atoms with van der Waals surface area (Å²) in [7, 11) is 1.61. The molecular formula is C25H29FN4O3S. The van der Waals surface area contributed by atoms with Gasteiger partial charge in [-0.05, 0) is 53.9 Å². The van der Waals surface area contributed by atoms with Gasteiger partial charge in [0.2, 0.25) is 5.91 Å². The molecule has 2 heterocycles. The molecule has 0 aliphatic carbocycles. The van der Waals surface area contributed by atoms with Crippen molar-refractivity contribution in [1.29, 1.82) is 0 Å². The van der Waals surface area contributed by atoms with E-state index in [-0.39, 0.29) is 41.0 Å². The lowest BCUT2D eigenvalue weighted by Gasteiger charge is -2.31. The quantitative estimate of drug-likeness (QED) is 0.596. The molecule has 2 amide bonds. The third kappa shape index (κ3) is 5.77. The summed E-state index contributed by atoms with van der Waals surface area (Å²) in [6.07, 6.45) is 2.86. The number of amides is 2. The minimum absolute atomic E-state index is 0.00711. The molecule has 3 atom stereocenters. The fourth-order valence-electron chi connectivity index (χ4n) is 4.23. The highest BCUT2D eigenvalue weighted by atomic mass is 32.2. The van der Waals surface area contributed by atoms with Gasteiger partial charge in [0, 0.05) is 18.9 Å². The number of thioether (sulfide) groups is 1. The number of nitrogens with one attached hydrogen (secondary N) is 2. The summed E-state index contributed by atoms with van der Waals surface area (Å²) < 4.78 is 18.8. The average Bonchev–Trinajstić information content (AvgIpc) is 3.28. The SMILES string of the molecule is CCCC1CC(=O)NC(SCC(=O)N2N=C(c3ccc(OC)cc3)CC2c2ccc(F)cc2)N1. The van der Waals surface area contributed by atoms with Crippen LogP contribution in [0.4, 0.5) is 4.39 Å². The van der Waals surface area contributed by atoms with E-state index < -0.39 is 0 Å². The van der Waals surface area contributed by atoms with E-state index >= 15 is 0 Å². The Morgan fingerprint density at radius 3 is 2.59 bits per heavy atom. The monoisotopic (exact) mass is 484 g/mol. The topological polar surface area (TPSA) is 83.0 Å². The van der Waals surface area contributed by atoms with E-state index in [1.165, 1.54) is 28.9 Å². The van der Waals surface area contributed by atoms with Crippen LogP contribution in [0.1, 0.15) is 49.8 Å². The van der Waals surface area contributed by atoms with E-state index in [0.717, 1.165) is 35.4 Å². The van der Waals surface area contributed by atoms with Gasteiger partial charge in [-0.25, -0.2) is 9.40 Å². The van der Waals surface area contributed by atoms with Gasteiger partial charge in [0.1, 0.15) is 17.1 Å². The summed E-state index contributed by atoms with van der Waals surface area (Å²) in [5.74, 6) is 0.384. The first-order chi connectivity index (χ1) is 16.5. The van der Waals surface area contributed by atoms with Crippen molar-refractivity contribution in [3.63, 3.8) is 0 Å². The number of methoxy groups -OCH3 is 1. The van der Waals surface area contributed by atoms with Crippen LogP contribution < -0.4 is 15.4 Å². The van der Waals surface area contributed by atoms with Crippen molar-refractivity contribution in [2.75, 3.05) is 12.9 Å². The summed E-state index contributed by atoms with van der Waals surface area (Å²) >= 11 is 1.35. The van der Waals surface area contributed by atoms with Gasteiger partial charge >= 0.3 is 0 Å². The highest BCUT2D eigenvalue weighted by Crippen LogP contribution is 2.34. The van der Waals surface area contributed by atoms with Gasteiger partial charge in [-0.1, -0.05) is 25.5 Å². The minimum atomic E-state index is -0.327. The average molecular weight is 485 g/mol. The second kappa shape index (κ2) is 11.0. The number of benzene rings is 2. The predicted molar refractivity (Wildman–Crippen MR) is 131 cm³/mol. The number of rotatable bonds is 8. The van der Waals surface area contributed by atoms with Crippen molar-refractivity contribution in [3.05, 3.63) is 65.5 Å².